The summed E-state index contributed by atoms with van der Waals surface area (Å²) in [7, 11) is 0. The van der Waals surface area contributed by atoms with Crippen molar-refractivity contribution in [1.29, 1.82) is 0 Å². The molecule has 186 valence electrons. The van der Waals surface area contributed by atoms with Crippen LogP contribution in [0.5, 0.6) is 0 Å². The number of unbranched alkanes of at least 4 members (excludes halogenated alkanes) is 1. The van der Waals surface area contributed by atoms with E-state index in [-0.39, 0.29) is 5.91 Å². The van der Waals surface area contributed by atoms with Gasteiger partial charge < -0.3 is 21.7 Å². The van der Waals surface area contributed by atoms with Crippen LogP contribution in [0.2, 0.25) is 0 Å². The van der Waals surface area contributed by atoms with Crippen molar-refractivity contribution in [3.8, 4) is 10.6 Å². The molecule has 0 bridgehead atoms. The molecule has 0 unspecified atom stereocenters. The Labute approximate surface area is 215 Å². The molecule has 4 aromatic rings. The third-order valence-corrected chi connectivity index (χ3v) is 6.89. The molecule has 0 spiro atoms. The Morgan fingerprint density at radius 2 is 1.56 bits per heavy atom. The summed E-state index contributed by atoms with van der Waals surface area (Å²) in [6.07, 6.45) is 2.02. The zero-order valence-corrected chi connectivity index (χ0v) is 21.3. The monoisotopic (exact) mass is 501 g/mol. The number of amides is 3. The van der Waals surface area contributed by atoms with E-state index in [2.05, 4.69) is 35.0 Å². The van der Waals surface area contributed by atoms with Gasteiger partial charge >= 0.3 is 6.03 Å². The van der Waals surface area contributed by atoms with E-state index in [1.165, 1.54) is 5.56 Å². The van der Waals surface area contributed by atoms with Crippen LogP contribution in [0.15, 0.2) is 66.7 Å². The van der Waals surface area contributed by atoms with Gasteiger partial charge in [0.15, 0.2) is 0 Å². The first-order chi connectivity index (χ1) is 17.4. The van der Waals surface area contributed by atoms with Gasteiger partial charge in [0.05, 0.1) is 10.2 Å². The summed E-state index contributed by atoms with van der Waals surface area (Å²) in [4.78, 5) is 30.3. The average molecular weight is 502 g/mol. The van der Waals surface area contributed by atoms with Gasteiger partial charge in [0.2, 0.25) is 5.91 Å². The first-order valence-electron chi connectivity index (χ1n) is 12.0. The van der Waals surface area contributed by atoms with Crippen molar-refractivity contribution >= 4 is 44.9 Å². The summed E-state index contributed by atoms with van der Waals surface area (Å²) in [5.41, 5.74) is 11.2. The van der Waals surface area contributed by atoms with Gasteiger partial charge in [-0.15, -0.1) is 11.3 Å². The van der Waals surface area contributed by atoms with Crippen LogP contribution >= 0.6 is 11.3 Å². The molecule has 0 saturated heterocycles. The lowest BCUT2D eigenvalue weighted by molar-refractivity contribution is -0.118. The first-order valence-corrected chi connectivity index (χ1v) is 12.9. The number of thiazole rings is 1. The number of fused-ring (bicyclic) bond motifs is 1. The highest BCUT2D eigenvalue weighted by atomic mass is 32.1. The molecule has 1 atom stereocenters. The Morgan fingerprint density at radius 1 is 0.889 bits per heavy atom. The van der Waals surface area contributed by atoms with Crippen LogP contribution < -0.4 is 21.7 Å². The van der Waals surface area contributed by atoms with E-state index >= 15 is 0 Å². The number of aryl methyl sites for hydroxylation is 2. The number of urea groups is 1. The predicted molar refractivity (Wildman–Crippen MR) is 148 cm³/mol. The molecule has 1 heterocycles. The number of aromatic nitrogens is 1. The molecular weight excluding hydrogens is 470 g/mol. The third-order valence-electron chi connectivity index (χ3n) is 5.82. The Kier molecular flexibility index (Phi) is 8.30. The minimum Gasteiger partial charge on any atom is -0.330 e. The van der Waals surface area contributed by atoms with Crippen LogP contribution in [-0.4, -0.2) is 29.5 Å². The molecule has 0 radical (unpaired) electrons. The topological polar surface area (TPSA) is 109 Å². The van der Waals surface area contributed by atoms with Gasteiger partial charge in [-0.25, -0.2) is 9.78 Å². The number of carbonyl (C=O) groups is 2. The maximum absolute atomic E-state index is 12.9. The summed E-state index contributed by atoms with van der Waals surface area (Å²) in [5, 5.41) is 9.46. The van der Waals surface area contributed by atoms with Crippen LogP contribution in [0, 0.1) is 13.8 Å². The van der Waals surface area contributed by atoms with E-state index in [1.807, 2.05) is 61.5 Å². The predicted octanol–water partition coefficient (Wildman–Crippen LogP) is 5.84. The average Bonchev–Trinajstić information content (AvgIpc) is 3.28. The smallest absolute Gasteiger partial charge is 0.319 e. The number of benzene rings is 3. The summed E-state index contributed by atoms with van der Waals surface area (Å²) in [6, 6.07) is 20.2. The van der Waals surface area contributed by atoms with E-state index in [4.69, 9.17) is 10.7 Å². The molecule has 0 fully saturated rings. The summed E-state index contributed by atoms with van der Waals surface area (Å²) >= 11 is 1.64. The lowest BCUT2D eigenvalue weighted by Crippen LogP contribution is -2.45. The second-order valence-corrected chi connectivity index (χ2v) is 9.89. The molecule has 0 saturated carbocycles. The van der Waals surface area contributed by atoms with Crippen LogP contribution in [0.3, 0.4) is 0 Å². The minimum atomic E-state index is -0.677. The van der Waals surface area contributed by atoms with Crippen molar-refractivity contribution in [1.82, 2.24) is 10.3 Å². The maximum atomic E-state index is 12.9. The van der Waals surface area contributed by atoms with Crippen molar-refractivity contribution in [3.05, 3.63) is 77.9 Å². The summed E-state index contributed by atoms with van der Waals surface area (Å²) < 4.78 is 1.15. The quantitative estimate of drug-likeness (QED) is 0.216. The van der Waals surface area contributed by atoms with E-state index in [0.717, 1.165) is 39.2 Å². The minimum absolute atomic E-state index is 0.257. The maximum Gasteiger partial charge on any atom is 0.319 e. The number of hydrogen-bond acceptors (Lipinski definition) is 5. The molecule has 3 amide bonds. The summed E-state index contributed by atoms with van der Waals surface area (Å²) in [5.74, 6) is -0.257. The number of nitrogens with one attached hydrogen (secondary N) is 3. The molecule has 4 rings (SSSR count). The fourth-order valence-electron chi connectivity index (χ4n) is 3.80. The van der Waals surface area contributed by atoms with Crippen LogP contribution in [-0.2, 0) is 4.79 Å². The Balaban J connectivity index is 1.39. The normalized spacial score (nSPS) is 11.8. The van der Waals surface area contributed by atoms with Crippen molar-refractivity contribution in [2.24, 2.45) is 5.73 Å². The highest BCUT2D eigenvalue weighted by Crippen LogP contribution is 2.31. The highest BCUT2D eigenvalue weighted by molar-refractivity contribution is 7.21. The largest absolute Gasteiger partial charge is 0.330 e. The van der Waals surface area contributed by atoms with Gasteiger partial charge in [-0.2, -0.15) is 0 Å². The van der Waals surface area contributed by atoms with Gasteiger partial charge in [0.25, 0.3) is 0 Å². The first kappa shape index (κ1) is 25.3. The van der Waals surface area contributed by atoms with Crippen molar-refractivity contribution in [2.45, 2.75) is 39.2 Å². The number of anilines is 2. The molecule has 8 heteroatoms. The summed E-state index contributed by atoms with van der Waals surface area (Å²) in [6.45, 7) is 4.60. The second-order valence-electron chi connectivity index (χ2n) is 8.86. The van der Waals surface area contributed by atoms with Crippen molar-refractivity contribution in [2.75, 3.05) is 17.2 Å². The van der Waals surface area contributed by atoms with Gasteiger partial charge in [-0.3, -0.25) is 4.79 Å². The number of hydrogen-bond donors (Lipinski definition) is 4. The van der Waals surface area contributed by atoms with E-state index in [0.29, 0.717) is 24.3 Å². The van der Waals surface area contributed by atoms with Gasteiger partial charge in [0, 0.05) is 16.9 Å². The zero-order chi connectivity index (χ0) is 25.5. The number of rotatable bonds is 9. The molecule has 3 aromatic carbocycles. The zero-order valence-electron chi connectivity index (χ0n) is 20.5. The van der Waals surface area contributed by atoms with Crippen molar-refractivity contribution in [3.63, 3.8) is 0 Å². The SMILES string of the molecule is Cc1ccc(NC(=O)[C@H](CCCCN)NC(=O)Nc2ccc(-c3nc4ccc(C)cc4s3)cc2)cc1. The van der Waals surface area contributed by atoms with E-state index in [1.54, 1.807) is 11.3 Å². The standard InChI is InChI=1S/C28H31N5O2S/c1-18-6-11-21(12-7-18)30-26(34)24(5-3-4-16-29)33-28(35)31-22-13-9-20(10-14-22)27-32-23-15-8-19(2)17-25(23)36-27/h6-15,17,24H,3-5,16,29H2,1-2H3,(H,30,34)(H2,31,33,35)/t24-/m0/s1. The van der Waals surface area contributed by atoms with E-state index in [9.17, 15) is 9.59 Å². The number of nitrogens with zero attached hydrogens (tertiary/aromatic N) is 1. The fraction of sp³-hybridized carbons (Fsp3) is 0.250. The molecule has 36 heavy (non-hydrogen) atoms. The van der Waals surface area contributed by atoms with Crippen molar-refractivity contribution < 1.29 is 9.59 Å². The molecule has 0 aliphatic carbocycles. The molecule has 5 N–H and O–H groups in total. The van der Waals surface area contributed by atoms with Crippen LogP contribution in [0.1, 0.15) is 30.4 Å². The van der Waals surface area contributed by atoms with Gasteiger partial charge in [-0.1, -0.05) is 23.8 Å². The molecule has 0 aliphatic heterocycles. The Hall–Kier alpha value is -3.75. The van der Waals surface area contributed by atoms with Gasteiger partial charge in [-0.05, 0) is 93.7 Å². The molecule has 0 aliphatic rings. The highest BCUT2D eigenvalue weighted by Gasteiger charge is 2.21. The fourth-order valence-corrected chi connectivity index (χ4v) is 4.87. The third kappa shape index (κ3) is 6.68. The second kappa shape index (κ2) is 11.8. The lowest BCUT2D eigenvalue weighted by atomic mass is 10.1. The molecule has 1 aromatic heterocycles. The van der Waals surface area contributed by atoms with Crippen LogP contribution in [0.4, 0.5) is 16.2 Å². The van der Waals surface area contributed by atoms with Gasteiger partial charge in [0.1, 0.15) is 11.0 Å². The molecular formula is C28H31N5O2S. The Bertz CT molecular complexity index is 1330. The number of nitrogens with two attached hydrogens (primary N) is 1. The van der Waals surface area contributed by atoms with Crippen LogP contribution in [0.25, 0.3) is 20.8 Å². The van der Waals surface area contributed by atoms with E-state index < -0.39 is 12.1 Å². The number of carbonyl (C=O) groups excluding carboxylic acids is 2. The Morgan fingerprint density at radius 3 is 2.28 bits per heavy atom. The lowest BCUT2D eigenvalue weighted by Gasteiger charge is -2.19. The molecule has 7 nitrogen and oxygen atoms in total.